The van der Waals surface area contributed by atoms with Gasteiger partial charge >= 0.3 is 0 Å². The van der Waals surface area contributed by atoms with Gasteiger partial charge in [-0.1, -0.05) is 19.4 Å². The highest BCUT2D eigenvalue weighted by atomic mass is 16.3. The van der Waals surface area contributed by atoms with Crippen LogP contribution in [0.15, 0.2) is 24.5 Å². The zero-order valence-corrected chi connectivity index (χ0v) is 19.2. The van der Waals surface area contributed by atoms with Gasteiger partial charge < -0.3 is 21.1 Å². The largest absolute Gasteiger partial charge is 0.393 e. The van der Waals surface area contributed by atoms with Crippen molar-refractivity contribution in [2.24, 2.45) is 0 Å². The number of aliphatic hydroxyl groups excluding tert-OH is 1. The normalized spacial score (nSPS) is 21.9. The van der Waals surface area contributed by atoms with Crippen LogP contribution in [0.1, 0.15) is 51.0 Å². The molecule has 1 aliphatic carbocycles. The van der Waals surface area contributed by atoms with E-state index in [-0.39, 0.29) is 6.10 Å². The van der Waals surface area contributed by atoms with Crippen LogP contribution in [0.3, 0.4) is 0 Å². The Morgan fingerprint density at radius 1 is 1.09 bits per heavy atom. The summed E-state index contributed by atoms with van der Waals surface area (Å²) in [5, 5.41) is 20.2. The summed E-state index contributed by atoms with van der Waals surface area (Å²) in [5.74, 6) is 1.47. The van der Waals surface area contributed by atoms with Crippen LogP contribution in [0.25, 0.3) is 11.3 Å². The number of hydrogen-bond acceptors (Lipinski definition) is 8. The molecule has 2 aromatic heterocycles. The van der Waals surface area contributed by atoms with Gasteiger partial charge in [0.2, 0.25) is 5.95 Å². The van der Waals surface area contributed by atoms with E-state index < -0.39 is 0 Å². The number of nitrogens with one attached hydrogen (secondary N) is 3. The standard InChI is InChI=1S/C24H37N7O/c1-2-3-10-26-24-28-16-21(23(30-24)29-19-5-7-20(32)8-6-19)22-9-4-18(15-27-22)17-31-13-11-25-12-14-31/h4,9,15-16,19-20,25,32H,2-3,5-8,10-14,17H2,1H3,(H2,26,28,29,30)/t19-,20-. The third kappa shape index (κ3) is 6.37. The summed E-state index contributed by atoms with van der Waals surface area (Å²) in [4.78, 5) is 16.6. The summed E-state index contributed by atoms with van der Waals surface area (Å²) in [7, 11) is 0. The third-order valence-electron chi connectivity index (χ3n) is 6.36. The highest BCUT2D eigenvalue weighted by Gasteiger charge is 2.21. The highest BCUT2D eigenvalue weighted by Crippen LogP contribution is 2.29. The fraction of sp³-hybridized carbons (Fsp3) is 0.625. The molecule has 0 bridgehead atoms. The molecule has 0 amide bonds. The molecule has 3 heterocycles. The fourth-order valence-corrected chi connectivity index (χ4v) is 4.36. The minimum absolute atomic E-state index is 0.172. The van der Waals surface area contributed by atoms with E-state index in [0.29, 0.717) is 12.0 Å². The Labute approximate surface area is 191 Å². The van der Waals surface area contributed by atoms with E-state index in [1.807, 2.05) is 12.4 Å². The van der Waals surface area contributed by atoms with Crippen molar-refractivity contribution < 1.29 is 5.11 Å². The number of pyridine rings is 1. The van der Waals surface area contributed by atoms with Crippen LogP contribution in [0.2, 0.25) is 0 Å². The Morgan fingerprint density at radius 2 is 1.91 bits per heavy atom. The molecular weight excluding hydrogens is 402 g/mol. The minimum Gasteiger partial charge on any atom is -0.393 e. The first kappa shape index (κ1) is 22.9. The van der Waals surface area contributed by atoms with Crippen molar-refractivity contribution in [1.29, 1.82) is 0 Å². The molecule has 0 aromatic carbocycles. The summed E-state index contributed by atoms with van der Waals surface area (Å²) in [6.45, 7) is 8.22. The molecule has 1 aliphatic heterocycles. The van der Waals surface area contributed by atoms with E-state index in [1.165, 1.54) is 5.56 Å². The van der Waals surface area contributed by atoms with Crippen LogP contribution in [0, 0.1) is 0 Å². The van der Waals surface area contributed by atoms with Crippen molar-refractivity contribution in [3.8, 4) is 11.3 Å². The first-order chi connectivity index (χ1) is 15.7. The number of hydrogen-bond donors (Lipinski definition) is 4. The maximum absolute atomic E-state index is 9.85. The molecule has 2 fully saturated rings. The summed E-state index contributed by atoms with van der Waals surface area (Å²) >= 11 is 0. The molecule has 0 spiro atoms. The Kier molecular flexibility index (Phi) is 8.25. The first-order valence-corrected chi connectivity index (χ1v) is 12.1. The molecule has 1 saturated carbocycles. The molecule has 1 saturated heterocycles. The van der Waals surface area contributed by atoms with Gasteiger partial charge in [0.05, 0.1) is 17.4 Å². The predicted octanol–water partition coefficient (Wildman–Crippen LogP) is 2.87. The molecule has 174 valence electrons. The molecule has 0 atom stereocenters. The topological polar surface area (TPSA) is 98.2 Å². The number of nitrogens with zero attached hydrogens (tertiary/aromatic N) is 4. The summed E-state index contributed by atoms with van der Waals surface area (Å²) < 4.78 is 0. The van der Waals surface area contributed by atoms with Crippen LogP contribution in [-0.4, -0.2) is 69.8 Å². The number of anilines is 2. The Morgan fingerprint density at radius 3 is 2.62 bits per heavy atom. The maximum Gasteiger partial charge on any atom is 0.224 e. The molecule has 0 radical (unpaired) electrons. The van der Waals surface area contributed by atoms with Crippen molar-refractivity contribution in [3.05, 3.63) is 30.1 Å². The summed E-state index contributed by atoms with van der Waals surface area (Å²) in [6.07, 6.45) is 9.45. The first-order valence-electron chi connectivity index (χ1n) is 12.1. The second-order valence-electron chi connectivity index (χ2n) is 8.96. The Balaban J connectivity index is 1.50. The van der Waals surface area contributed by atoms with Gasteiger partial charge in [-0.05, 0) is 43.7 Å². The van der Waals surface area contributed by atoms with Crippen molar-refractivity contribution in [2.45, 2.75) is 64.1 Å². The molecule has 2 aromatic rings. The smallest absolute Gasteiger partial charge is 0.224 e. The lowest BCUT2D eigenvalue weighted by Crippen LogP contribution is -2.42. The van der Waals surface area contributed by atoms with Gasteiger partial charge in [-0.2, -0.15) is 4.98 Å². The van der Waals surface area contributed by atoms with Crippen molar-refractivity contribution in [2.75, 3.05) is 43.4 Å². The Bertz CT molecular complexity index is 831. The van der Waals surface area contributed by atoms with E-state index in [4.69, 9.17) is 9.97 Å². The third-order valence-corrected chi connectivity index (χ3v) is 6.36. The number of aromatic nitrogens is 3. The monoisotopic (exact) mass is 439 g/mol. The van der Waals surface area contributed by atoms with Gasteiger partial charge in [0.15, 0.2) is 0 Å². The minimum atomic E-state index is -0.172. The average molecular weight is 440 g/mol. The van der Waals surface area contributed by atoms with Gasteiger partial charge in [-0.15, -0.1) is 0 Å². The molecule has 4 rings (SSSR count). The van der Waals surface area contributed by atoms with Gasteiger partial charge in [-0.25, -0.2) is 4.98 Å². The van der Waals surface area contributed by atoms with E-state index in [0.717, 1.165) is 94.9 Å². The molecule has 32 heavy (non-hydrogen) atoms. The number of rotatable bonds is 9. The van der Waals surface area contributed by atoms with E-state index in [9.17, 15) is 5.11 Å². The van der Waals surface area contributed by atoms with Crippen LogP contribution in [0.4, 0.5) is 11.8 Å². The maximum atomic E-state index is 9.85. The van der Waals surface area contributed by atoms with E-state index >= 15 is 0 Å². The molecule has 2 aliphatic rings. The second-order valence-corrected chi connectivity index (χ2v) is 8.96. The highest BCUT2D eigenvalue weighted by molar-refractivity contribution is 5.72. The predicted molar refractivity (Wildman–Crippen MR) is 129 cm³/mol. The molecule has 4 N–H and O–H groups in total. The Hall–Kier alpha value is -2.29. The van der Waals surface area contributed by atoms with Gasteiger partial charge in [0, 0.05) is 57.7 Å². The SMILES string of the molecule is CCCCNc1ncc(-c2ccc(CN3CCNCC3)cn2)c(N[C@H]2CC[C@H](O)CC2)n1. The summed E-state index contributed by atoms with van der Waals surface area (Å²) in [5.41, 5.74) is 3.03. The second kappa shape index (κ2) is 11.5. The van der Waals surface area contributed by atoms with E-state index in [2.05, 4.69) is 44.9 Å². The average Bonchev–Trinajstić information content (AvgIpc) is 2.82. The van der Waals surface area contributed by atoms with Crippen LogP contribution >= 0.6 is 0 Å². The lowest BCUT2D eigenvalue weighted by molar-refractivity contribution is 0.126. The lowest BCUT2D eigenvalue weighted by Gasteiger charge is -2.27. The van der Waals surface area contributed by atoms with Crippen molar-refractivity contribution in [3.63, 3.8) is 0 Å². The summed E-state index contributed by atoms with van der Waals surface area (Å²) in [6, 6.07) is 4.55. The van der Waals surface area contributed by atoms with Crippen molar-refractivity contribution in [1.82, 2.24) is 25.2 Å². The zero-order chi connectivity index (χ0) is 22.2. The van der Waals surface area contributed by atoms with Gasteiger partial charge in [0.25, 0.3) is 0 Å². The quantitative estimate of drug-likeness (QED) is 0.443. The number of unbranched alkanes of at least 4 members (excludes halogenated alkanes) is 1. The van der Waals surface area contributed by atoms with Crippen LogP contribution in [0.5, 0.6) is 0 Å². The zero-order valence-electron chi connectivity index (χ0n) is 19.2. The number of piperazine rings is 1. The van der Waals surface area contributed by atoms with Crippen LogP contribution in [-0.2, 0) is 6.54 Å². The molecular formula is C24H37N7O. The van der Waals surface area contributed by atoms with E-state index in [1.54, 1.807) is 0 Å². The fourth-order valence-electron chi connectivity index (χ4n) is 4.36. The van der Waals surface area contributed by atoms with Crippen molar-refractivity contribution >= 4 is 11.8 Å². The van der Waals surface area contributed by atoms with Crippen LogP contribution < -0.4 is 16.0 Å². The molecule has 0 unspecified atom stereocenters. The lowest BCUT2D eigenvalue weighted by atomic mass is 9.93. The van der Waals surface area contributed by atoms with Gasteiger partial charge in [-0.3, -0.25) is 9.88 Å². The molecule has 8 heteroatoms. The van der Waals surface area contributed by atoms with Gasteiger partial charge in [0.1, 0.15) is 5.82 Å². The molecule has 8 nitrogen and oxygen atoms in total. The number of aliphatic hydroxyl groups is 1.